The minimum Gasteiger partial charge on any atom is -0.349 e. The van der Waals surface area contributed by atoms with E-state index in [4.69, 9.17) is 11.6 Å². The second-order valence-electron chi connectivity index (χ2n) is 7.37. The molecule has 1 atom stereocenters. The summed E-state index contributed by atoms with van der Waals surface area (Å²) < 4.78 is 0. The van der Waals surface area contributed by atoms with Gasteiger partial charge in [0.05, 0.1) is 27.9 Å². The summed E-state index contributed by atoms with van der Waals surface area (Å²) in [5, 5.41) is 8.09. The third-order valence-corrected chi connectivity index (χ3v) is 6.21. The highest BCUT2D eigenvalue weighted by molar-refractivity contribution is 7.99. The highest BCUT2D eigenvalue weighted by Crippen LogP contribution is 2.27. The van der Waals surface area contributed by atoms with Crippen molar-refractivity contribution in [1.29, 1.82) is 0 Å². The molecule has 0 aliphatic heterocycles. The van der Waals surface area contributed by atoms with E-state index in [0.717, 1.165) is 29.3 Å². The van der Waals surface area contributed by atoms with Crippen molar-refractivity contribution < 1.29 is 9.59 Å². The van der Waals surface area contributed by atoms with Gasteiger partial charge in [-0.15, -0.1) is 0 Å². The zero-order chi connectivity index (χ0) is 21.1. The monoisotopic (exact) mass is 439 g/mol. The molecule has 1 aromatic heterocycles. The number of fused-ring (bicyclic) bond motifs is 1. The number of benzene rings is 2. The van der Waals surface area contributed by atoms with Crippen LogP contribution in [0.15, 0.2) is 59.6 Å². The van der Waals surface area contributed by atoms with E-state index in [2.05, 4.69) is 15.6 Å². The molecule has 1 unspecified atom stereocenters. The number of carbonyl (C=O) groups excluding carboxylic acids is 2. The highest BCUT2D eigenvalue weighted by atomic mass is 35.5. The Kier molecular flexibility index (Phi) is 6.25. The molecule has 1 heterocycles. The van der Waals surface area contributed by atoms with E-state index < -0.39 is 0 Å². The molecular formula is C23H22ClN3O2S. The van der Waals surface area contributed by atoms with Crippen LogP contribution >= 0.6 is 23.4 Å². The van der Waals surface area contributed by atoms with Crippen LogP contribution in [0.3, 0.4) is 0 Å². The molecule has 0 saturated heterocycles. The van der Waals surface area contributed by atoms with E-state index in [-0.39, 0.29) is 29.7 Å². The van der Waals surface area contributed by atoms with Crippen molar-refractivity contribution in [1.82, 2.24) is 15.6 Å². The molecule has 154 valence electrons. The molecule has 0 radical (unpaired) electrons. The lowest BCUT2D eigenvalue weighted by molar-refractivity contribution is -0.119. The predicted octanol–water partition coefficient (Wildman–Crippen LogP) is 4.75. The number of amides is 2. The average molecular weight is 440 g/mol. The molecule has 30 heavy (non-hydrogen) atoms. The highest BCUT2D eigenvalue weighted by Gasteiger charge is 2.25. The first kappa shape index (κ1) is 20.7. The van der Waals surface area contributed by atoms with Gasteiger partial charge in [0.15, 0.2) is 0 Å². The second-order valence-corrected chi connectivity index (χ2v) is 8.78. The molecule has 7 heteroatoms. The van der Waals surface area contributed by atoms with Gasteiger partial charge in [-0.3, -0.25) is 9.59 Å². The quantitative estimate of drug-likeness (QED) is 0.521. The van der Waals surface area contributed by atoms with Crippen molar-refractivity contribution in [2.75, 3.05) is 5.75 Å². The van der Waals surface area contributed by atoms with Crippen LogP contribution in [-0.4, -0.2) is 28.6 Å². The minimum absolute atomic E-state index is 0.0882. The van der Waals surface area contributed by atoms with E-state index >= 15 is 0 Å². The van der Waals surface area contributed by atoms with Crippen molar-refractivity contribution in [3.63, 3.8) is 0 Å². The smallest absolute Gasteiger partial charge is 0.252 e. The molecule has 5 nitrogen and oxygen atoms in total. The Morgan fingerprint density at radius 3 is 2.67 bits per heavy atom. The van der Waals surface area contributed by atoms with Crippen LogP contribution in [0.5, 0.6) is 0 Å². The zero-order valence-electron chi connectivity index (χ0n) is 16.5. The molecule has 4 rings (SSSR count). The number of rotatable bonds is 7. The lowest BCUT2D eigenvalue weighted by Gasteiger charge is -2.15. The number of aromatic nitrogens is 1. The first-order valence-corrected chi connectivity index (χ1v) is 11.2. The number of para-hydroxylation sites is 1. The molecular weight excluding hydrogens is 418 g/mol. The lowest BCUT2D eigenvalue weighted by Crippen LogP contribution is -2.28. The standard InChI is InChI=1S/C23H22ClN3O2S/c1-14(16-6-2-4-8-19(16)24)25-21(28)13-30-22-12-18(23(29)26-15-10-11-15)17-7-3-5-9-20(17)27-22/h2-9,12,14-15H,10-11,13H2,1H3,(H,25,28)(H,26,29). The number of carbonyl (C=O) groups is 2. The fourth-order valence-electron chi connectivity index (χ4n) is 3.23. The number of pyridine rings is 1. The van der Waals surface area contributed by atoms with Crippen LogP contribution in [0.2, 0.25) is 5.02 Å². The summed E-state index contributed by atoms with van der Waals surface area (Å²) >= 11 is 7.53. The van der Waals surface area contributed by atoms with Crippen LogP contribution in [0.1, 0.15) is 41.7 Å². The third kappa shape index (κ3) is 4.94. The number of hydrogen-bond donors (Lipinski definition) is 2. The second kappa shape index (κ2) is 9.06. The Bertz CT molecular complexity index is 1100. The largest absolute Gasteiger partial charge is 0.349 e. The van der Waals surface area contributed by atoms with Crippen molar-refractivity contribution in [3.8, 4) is 0 Å². The van der Waals surface area contributed by atoms with Gasteiger partial charge in [-0.05, 0) is 43.5 Å². The Hall–Kier alpha value is -2.57. The van der Waals surface area contributed by atoms with Gasteiger partial charge in [0.1, 0.15) is 0 Å². The number of thioether (sulfide) groups is 1. The summed E-state index contributed by atoms with van der Waals surface area (Å²) in [5.74, 6) is -0.00908. The van der Waals surface area contributed by atoms with Crippen molar-refractivity contribution in [3.05, 3.63) is 70.7 Å². The molecule has 0 spiro atoms. The Morgan fingerprint density at radius 1 is 1.17 bits per heavy atom. The molecule has 2 aromatic carbocycles. The predicted molar refractivity (Wildman–Crippen MR) is 121 cm³/mol. The lowest BCUT2D eigenvalue weighted by atomic mass is 10.1. The summed E-state index contributed by atoms with van der Waals surface area (Å²) in [7, 11) is 0. The maximum atomic E-state index is 12.7. The van der Waals surface area contributed by atoms with Crippen LogP contribution in [0.25, 0.3) is 10.9 Å². The van der Waals surface area contributed by atoms with E-state index in [0.29, 0.717) is 15.6 Å². The van der Waals surface area contributed by atoms with E-state index in [9.17, 15) is 9.59 Å². The fourth-order valence-corrected chi connectivity index (χ4v) is 4.26. The summed E-state index contributed by atoms with van der Waals surface area (Å²) in [6.45, 7) is 1.90. The number of nitrogens with one attached hydrogen (secondary N) is 2. The van der Waals surface area contributed by atoms with Crippen LogP contribution in [0, 0.1) is 0 Å². The Balaban J connectivity index is 1.46. The maximum absolute atomic E-state index is 12.7. The minimum atomic E-state index is -0.198. The number of hydrogen-bond acceptors (Lipinski definition) is 4. The normalized spacial score (nSPS) is 14.3. The van der Waals surface area contributed by atoms with Crippen LogP contribution in [0.4, 0.5) is 0 Å². The topological polar surface area (TPSA) is 71.1 Å². The molecule has 1 saturated carbocycles. The number of halogens is 1. The van der Waals surface area contributed by atoms with Crippen LogP contribution < -0.4 is 10.6 Å². The Labute approximate surface area is 184 Å². The van der Waals surface area contributed by atoms with Gasteiger partial charge in [0.2, 0.25) is 5.91 Å². The van der Waals surface area contributed by atoms with Crippen LogP contribution in [-0.2, 0) is 4.79 Å². The van der Waals surface area contributed by atoms with E-state index in [1.807, 2.05) is 55.5 Å². The summed E-state index contributed by atoms with van der Waals surface area (Å²) in [4.78, 5) is 29.8. The van der Waals surface area contributed by atoms with E-state index in [1.165, 1.54) is 11.8 Å². The molecule has 2 N–H and O–H groups in total. The molecule has 1 aliphatic rings. The first-order valence-electron chi connectivity index (χ1n) is 9.88. The summed E-state index contributed by atoms with van der Waals surface area (Å²) in [5.41, 5.74) is 2.22. The van der Waals surface area contributed by atoms with Gasteiger partial charge in [-0.1, -0.05) is 59.8 Å². The fraction of sp³-hybridized carbons (Fsp3) is 0.261. The summed E-state index contributed by atoms with van der Waals surface area (Å²) in [6, 6.07) is 16.9. The molecule has 1 fully saturated rings. The van der Waals surface area contributed by atoms with E-state index in [1.54, 1.807) is 6.07 Å². The first-order chi connectivity index (χ1) is 14.5. The molecule has 0 bridgehead atoms. The van der Waals surface area contributed by atoms with Gasteiger partial charge in [-0.25, -0.2) is 4.98 Å². The van der Waals surface area contributed by atoms with Gasteiger partial charge in [0, 0.05) is 16.5 Å². The van der Waals surface area contributed by atoms with Gasteiger partial charge in [-0.2, -0.15) is 0 Å². The molecule has 3 aromatic rings. The van der Waals surface area contributed by atoms with Crippen molar-refractivity contribution >= 4 is 46.1 Å². The Morgan fingerprint density at radius 2 is 1.90 bits per heavy atom. The van der Waals surface area contributed by atoms with Crippen molar-refractivity contribution in [2.45, 2.75) is 36.9 Å². The molecule has 1 aliphatic carbocycles. The zero-order valence-corrected chi connectivity index (χ0v) is 18.1. The maximum Gasteiger partial charge on any atom is 0.252 e. The summed E-state index contributed by atoms with van der Waals surface area (Å²) in [6.07, 6.45) is 2.06. The van der Waals surface area contributed by atoms with Gasteiger partial charge in [0.25, 0.3) is 5.91 Å². The van der Waals surface area contributed by atoms with Gasteiger partial charge >= 0.3 is 0 Å². The van der Waals surface area contributed by atoms with Crippen molar-refractivity contribution in [2.24, 2.45) is 0 Å². The molecule has 2 amide bonds. The number of nitrogens with zero attached hydrogens (tertiary/aromatic N) is 1. The average Bonchev–Trinajstić information content (AvgIpc) is 3.55. The van der Waals surface area contributed by atoms with Gasteiger partial charge < -0.3 is 10.6 Å². The third-order valence-electron chi connectivity index (χ3n) is 4.95. The SMILES string of the molecule is CC(NC(=O)CSc1cc(C(=O)NC2CC2)c2ccccc2n1)c1ccccc1Cl.